The molecule has 2 saturated heterocycles. The molecule has 0 N–H and O–H groups in total. The quantitative estimate of drug-likeness (QED) is 0.738. The van der Waals surface area contributed by atoms with Crippen molar-refractivity contribution in [2.75, 3.05) is 6.26 Å². The van der Waals surface area contributed by atoms with E-state index in [1.165, 1.54) is 32.1 Å². The number of amides is 1. The number of hydrogen-bond acceptors (Lipinski definition) is 2. The zero-order valence-corrected chi connectivity index (χ0v) is 10.8. The highest BCUT2D eigenvalue weighted by atomic mass is 32.2. The summed E-state index contributed by atoms with van der Waals surface area (Å²) in [7, 11) is 0. The molecule has 2 nitrogen and oxygen atoms in total. The van der Waals surface area contributed by atoms with Crippen molar-refractivity contribution in [2.24, 2.45) is 5.92 Å². The fraction of sp³-hybridized carbons (Fsp3) is 0.923. The third-order valence-corrected chi connectivity index (χ3v) is 5.78. The fourth-order valence-corrected chi connectivity index (χ4v) is 4.37. The van der Waals surface area contributed by atoms with Gasteiger partial charge in [0.1, 0.15) is 0 Å². The predicted molar refractivity (Wildman–Crippen MR) is 67.5 cm³/mol. The van der Waals surface area contributed by atoms with Crippen molar-refractivity contribution < 1.29 is 4.79 Å². The van der Waals surface area contributed by atoms with Crippen LogP contribution in [0.2, 0.25) is 0 Å². The second kappa shape index (κ2) is 4.25. The fourth-order valence-electron chi connectivity index (χ4n) is 3.55. The van der Waals surface area contributed by atoms with Crippen LogP contribution >= 0.6 is 11.8 Å². The Bertz CT molecular complexity index is 276. The van der Waals surface area contributed by atoms with Crippen molar-refractivity contribution in [3.63, 3.8) is 0 Å². The van der Waals surface area contributed by atoms with Crippen molar-refractivity contribution in [1.82, 2.24) is 4.90 Å². The van der Waals surface area contributed by atoms with Crippen molar-refractivity contribution >= 4 is 17.7 Å². The first-order chi connectivity index (χ1) is 7.79. The minimum Gasteiger partial charge on any atom is -0.336 e. The number of thioether (sulfide) groups is 1. The summed E-state index contributed by atoms with van der Waals surface area (Å²) in [5.74, 6) is 0.896. The number of carbonyl (C=O) groups is 1. The van der Waals surface area contributed by atoms with Crippen molar-refractivity contribution in [3.8, 4) is 0 Å². The Kier molecular flexibility index (Phi) is 2.90. The highest BCUT2D eigenvalue weighted by Gasteiger charge is 2.45. The van der Waals surface area contributed by atoms with E-state index in [4.69, 9.17) is 0 Å². The zero-order chi connectivity index (χ0) is 11.1. The summed E-state index contributed by atoms with van der Waals surface area (Å²) < 4.78 is 0. The molecule has 3 rings (SSSR count). The second-order valence-electron chi connectivity index (χ2n) is 5.59. The minimum absolute atomic E-state index is 0.397. The van der Waals surface area contributed by atoms with Gasteiger partial charge in [-0.05, 0) is 44.8 Å². The van der Waals surface area contributed by atoms with Crippen molar-refractivity contribution in [2.45, 2.75) is 62.3 Å². The molecule has 0 aromatic heterocycles. The van der Waals surface area contributed by atoms with Crippen LogP contribution in [0.5, 0.6) is 0 Å². The van der Waals surface area contributed by atoms with Crippen LogP contribution in [0.25, 0.3) is 0 Å². The molecule has 0 aromatic carbocycles. The summed E-state index contributed by atoms with van der Waals surface area (Å²) in [4.78, 5) is 14.6. The van der Waals surface area contributed by atoms with Crippen LogP contribution in [0.15, 0.2) is 0 Å². The first-order valence-electron chi connectivity index (χ1n) is 6.64. The Hall–Kier alpha value is -0.180. The molecular weight excluding hydrogens is 218 g/mol. The second-order valence-corrected chi connectivity index (χ2v) is 6.73. The number of hydrogen-bond donors (Lipinski definition) is 0. The van der Waals surface area contributed by atoms with Crippen LogP contribution in [0.1, 0.15) is 44.9 Å². The van der Waals surface area contributed by atoms with Gasteiger partial charge in [-0.2, -0.15) is 11.8 Å². The summed E-state index contributed by atoms with van der Waals surface area (Å²) in [6, 6.07) is 1.17. The number of piperidine rings is 1. The SMILES string of the molecule is CSC1CC2CCC(C1)N2C(=O)C1CCC1. The lowest BCUT2D eigenvalue weighted by atomic mass is 9.83. The van der Waals surface area contributed by atoms with E-state index in [-0.39, 0.29) is 0 Å². The molecule has 2 unspecified atom stereocenters. The molecule has 3 aliphatic rings. The molecule has 3 heteroatoms. The maximum absolute atomic E-state index is 12.4. The molecule has 16 heavy (non-hydrogen) atoms. The monoisotopic (exact) mass is 239 g/mol. The highest BCUT2D eigenvalue weighted by Crippen LogP contribution is 2.42. The molecule has 0 radical (unpaired) electrons. The average Bonchev–Trinajstić information content (AvgIpc) is 2.47. The lowest BCUT2D eigenvalue weighted by Crippen LogP contribution is -2.50. The van der Waals surface area contributed by atoms with E-state index in [1.54, 1.807) is 0 Å². The van der Waals surface area contributed by atoms with Crippen LogP contribution in [-0.2, 0) is 4.79 Å². The molecule has 0 spiro atoms. The van der Waals surface area contributed by atoms with Gasteiger partial charge in [-0.3, -0.25) is 4.79 Å². The number of nitrogens with zero attached hydrogens (tertiary/aromatic N) is 1. The molecule has 2 aliphatic heterocycles. The summed E-state index contributed by atoms with van der Waals surface area (Å²) in [6.07, 6.45) is 10.8. The normalized spacial score (nSPS) is 38.6. The van der Waals surface area contributed by atoms with Gasteiger partial charge in [-0.1, -0.05) is 6.42 Å². The predicted octanol–water partition coefficient (Wildman–Crippen LogP) is 2.67. The van der Waals surface area contributed by atoms with Gasteiger partial charge >= 0.3 is 0 Å². The number of carbonyl (C=O) groups excluding carboxylic acids is 1. The van der Waals surface area contributed by atoms with Gasteiger partial charge in [0, 0.05) is 23.3 Å². The first kappa shape index (κ1) is 10.9. The topological polar surface area (TPSA) is 20.3 Å². The number of fused-ring (bicyclic) bond motifs is 2. The largest absolute Gasteiger partial charge is 0.336 e. The summed E-state index contributed by atoms with van der Waals surface area (Å²) in [6.45, 7) is 0. The van der Waals surface area contributed by atoms with E-state index < -0.39 is 0 Å². The smallest absolute Gasteiger partial charge is 0.226 e. The van der Waals surface area contributed by atoms with Gasteiger partial charge in [0.2, 0.25) is 5.91 Å². The third kappa shape index (κ3) is 1.68. The summed E-state index contributed by atoms with van der Waals surface area (Å²) >= 11 is 2.00. The number of rotatable bonds is 2. The van der Waals surface area contributed by atoms with E-state index in [0.29, 0.717) is 23.9 Å². The Labute approximate surface area is 102 Å². The first-order valence-corrected chi connectivity index (χ1v) is 7.93. The Morgan fingerprint density at radius 2 is 1.75 bits per heavy atom. The molecule has 1 amide bonds. The minimum atomic E-state index is 0.397. The Morgan fingerprint density at radius 1 is 1.12 bits per heavy atom. The van der Waals surface area contributed by atoms with Gasteiger partial charge < -0.3 is 4.90 Å². The summed E-state index contributed by atoms with van der Waals surface area (Å²) in [5.41, 5.74) is 0. The van der Waals surface area contributed by atoms with Crippen molar-refractivity contribution in [1.29, 1.82) is 0 Å². The molecule has 2 heterocycles. The van der Waals surface area contributed by atoms with Crippen molar-refractivity contribution in [3.05, 3.63) is 0 Å². The van der Waals surface area contributed by atoms with Gasteiger partial charge in [-0.15, -0.1) is 0 Å². The van der Waals surface area contributed by atoms with Gasteiger partial charge in [0.15, 0.2) is 0 Å². The lowest BCUT2D eigenvalue weighted by Gasteiger charge is -2.41. The Morgan fingerprint density at radius 3 is 2.19 bits per heavy atom. The van der Waals surface area contributed by atoms with E-state index in [2.05, 4.69) is 11.2 Å². The maximum Gasteiger partial charge on any atom is 0.226 e. The highest BCUT2D eigenvalue weighted by molar-refractivity contribution is 7.99. The van der Waals surface area contributed by atoms with Gasteiger partial charge in [0.05, 0.1) is 0 Å². The van der Waals surface area contributed by atoms with Gasteiger partial charge in [-0.25, -0.2) is 0 Å². The van der Waals surface area contributed by atoms with E-state index >= 15 is 0 Å². The van der Waals surface area contributed by atoms with Crippen LogP contribution in [0.3, 0.4) is 0 Å². The third-order valence-electron chi connectivity index (χ3n) is 4.73. The van der Waals surface area contributed by atoms with Crippen LogP contribution in [-0.4, -0.2) is 34.4 Å². The molecule has 2 bridgehead atoms. The van der Waals surface area contributed by atoms with Crippen LogP contribution < -0.4 is 0 Å². The molecule has 1 aliphatic carbocycles. The van der Waals surface area contributed by atoms with E-state index in [1.807, 2.05) is 11.8 Å². The molecule has 0 aromatic rings. The van der Waals surface area contributed by atoms with E-state index in [0.717, 1.165) is 18.1 Å². The maximum atomic E-state index is 12.4. The lowest BCUT2D eigenvalue weighted by molar-refractivity contribution is -0.142. The molecular formula is C13H21NOS. The molecule has 3 fully saturated rings. The van der Waals surface area contributed by atoms with Crippen LogP contribution in [0.4, 0.5) is 0 Å². The zero-order valence-electron chi connectivity index (χ0n) is 10.0. The molecule has 2 atom stereocenters. The summed E-state index contributed by atoms with van der Waals surface area (Å²) in [5, 5.41) is 0.808. The standard InChI is InChI=1S/C13H21NOS/c1-16-12-7-10-5-6-11(8-12)14(10)13(15)9-3-2-4-9/h9-12H,2-8H2,1H3. The van der Waals surface area contributed by atoms with E-state index in [9.17, 15) is 4.79 Å². The Balaban J connectivity index is 1.70. The average molecular weight is 239 g/mol. The van der Waals surface area contributed by atoms with Crippen LogP contribution in [0, 0.1) is 5.92 Å². The van der Waals surface area contributed by atoms with Gasteiger partial charge in [0.25, 0.3) is 0 Å². The molecule has 90 valence electrons. The molecule has 1 saturated carbocycles.